The number of carbonyl (C=O) groups excluding carboxylic acids is 3. The van der Waals surface area contributed by atoms with Crippen LogP contribution in [-0.2, 0) is 14.3 Å². The molecule has 2 amide bonds. The first-order valence-electron chi connectivity index (χ1n) is 10.2. The van der Waals surface area contributed by atoms with Gasteiger partial charge in [-0.3, -0.25) is 14.4 Å². The van der Waals surface area contributed by atoms with Crippen molar-refractivity contribution in [1.29, 1.82) is 0 Å². The van der Waals surface area contributed by atoms with Gasteiger partial charge in [0, 0.05) is 18.5 Å². The zero-order valence-corrected chi connectivity index (χ0v) is 17.7. The van der Waals surface area contributed by atoms with E-state index in [-0.39, 0.29) is 25.2 Å². The third-order valence-electron chi connectivity index (χ3n) is 5.00. The standard InChI is InChI=1S/C22H29NO7/c1-4-5-6-13-29-17-9-7-15(8-10-17)18(24)14-16(19(25)26)11-12-23-20(27)22(2,3)30-21(23)28/h7-10,16H,4-6,11-14H2,1-3H3,(H,25,26). The number of aliphatic carboxylic acids is 1. The van der Waals surface area contributed by atoms with Gasteiger partial charge < -0.3 is 14.6 Å². The van der Waals surface area contributed by atoms with Crippen molar-refractivity contribution < 1.29 is 33.8 Å². The van der Waals surface area contributed by atoms with E-state index in [0.29, 0.717) is 17.9 Å². The molecule has 0 aliphatic carbocycles. The van der Waals surface area contributed by atoms with Crippen LogP contribution in [0.25, 0.3) is 0 Å². The van der Waals surface area contributed by atoms with E-state index in [4.69, 9.17) is 9.47 Å². The predicted octanol–water partition coefficient (Wildman–Crippen LogP) is 3.68. The Kier molecular flexibility index (Phi) is 7.97. The summed E-state index contributed by atoms with van der Waals surface area (Å²) in [6.07, 6.45) is 2.10. The number of carboxylic acid groups (broad SMARTS) is 1. The minimum Gasteiger partial charge on any atom is -0.494 e. The summed E-state index contributed by atoms with van der Waals surface area (Å²) in [6, 6.07) is 6.60. The van der Waals surface area contributed by atoms with Crippen molar-refractivity contribution >= 4 is 23.8 Å². The molecular formula is C22H29NO7. The molecule has 0 radical (unpaired) electrons. The fourth-order valence-corrected chi connectivity index (χ4v) is 3.14. The van der Waals surface area contributed by atoms with Gasteiger partial charge in [0.1, 0.15) is 5.75 Å². The molecule has 1 aliphatic heterocycles. The molecule has 1 saturated heterocycles. The van der Waals surface area contributed by atoms with Crippen molar-refractivity contribution in [1.82, 2.24) is 4.90 Å². The summed E-state index contributed by atoms with van der Waals surface area (Å²) in [6.45, 7) is 5.55. The summed E-state index contributed by atoms with van der Waals surface area (Å²) >= 11 is 0. The second-order valence-electron chi connectivity index (χ2n) is 7.87. The van der Waals surface area contributed by atoms with Gasteiger partial charge in [0.15, 0.2) is 11.4 Å². The number of hydrogen-bond donors (Lipinski definition) is 1. The second-order valence-corrected chi connectivity index (χ2v) is 7.87. The molecule has 1 aromatic carbocycles. The number of carbonyl (C=O) groups is 4. The molecule has 1 N–H and O–H groups in total. The van der Waals surface area contributed by atoms with Gasteiger partial charge in [-0.1, -0.05) is 19.8 Å². The monoisotopic (exact) mass is 419 g/mol. The van der Waals surface area contributed by atoms with Crippen LogP contribution >= 0.6 is 0 Å². The summed E-state index contributed by atoms with van der Waals surface area (Å²) in [4.78, 5) is 49.0. The number of rotatable bonds is 12. The average molecular weight is 419 g/mol. The Bertz CT molecular complexity index is 785. The summed E-state index contributed by atoms with van der Waals surface area (Å²) in [5, 5.41) is 9.47. The SMILES string of the molecule is CCCCCOc1ccc(C(=O)CC(CCN2C(=O)OC(C)(C)C2=O)C(=O)O)cc1. The highest BCUT2D eigenvalue weighted by molar-refractivity contribution is 6.02. The van der Waals surface area contributed by atoms with Gasteiger partial charge in [-0.15, -0.1) is 0 Å². The minimum atomic E-state index is -1.26. The quantitative estimate of drug-likeness (QED) is 0.406. The Morgan fingerprint density at radius 3 is 2.37 bits per heavy atom. The van der Waals surface area contributed by atoms with Crippen LogP contribution in [0.15, 0.2) is 24.3 Å². The highest BCUT2D eigenvalue weighted by Gasteiger charge is 2.47. The molecule has 164 valence electrons. The molecule has 0 bridgehead atoms. The third-order valence-corrected chi connectivity index (χ3v) is 5.00. The molecule has 8 nitrogen and oxygen atoms in total. The molecule has 30 heavy (non-hydrogen) atoms. The van der Waals surface area contributed by atoms with E-state index in [1.807, 2.05) is 0 Å². The summed E-state index contributed by atoms with van der Waals surface area (Å²) < 4.78 is 10.6. The van der Waals surface area contributed by atoms with Crippen LogP contribution in [0.1, 0.15) is 63.2 Å². The van der Waals surface area contributed by atoms with E-state index in [2.05, 4.69) is 6.92 Å². The Hall–Kier alpha value is -2.90. The fraction of sp³-hybridized carbons (Fsp3) is 0.545. The number of benzene rings is 1. The van der Waals surface area contributed by atoms with E-state index in [0.717, 1.165) is 24.2 Å². The minimum absolute atomic E-state index is 0.0311. The van der Waals surface area contributed by atoms with E-state index in [1.54, 1.807) is 24.3 Å². The summed E-state index contributed by atoms with van der Waals surface area (Å²) in [5.41, 5.74) is -0.869. The molecule has 1 aliphatic rings. The van der Waals surface area contributed by atoms with Crippen LogP contribution in [0.2, 0.25) is 0 Å². The van der Waals surface area contributed by atoms with Crippen molar-refractivity contribution in [2.45, 2.75) is 58.5 Å². The Morgan fingerprint density at radius 1 is 1.17 bits per heavy atom. The number of cyclic esters (lactones) is 1. The lowest BCUT2D eigenvalue weighted by atomic mass is 9.95. The third kappa shape index (κ3) is 6.05. The fourth-order valence-electron chi connectivity index (χ4n) is 3.14. The lowest BCUT2D eigenvalue weighted by Crippen LogP contribution is -2.37. The Balaban J connectivity index is 1.91. The molecule has 0 aromatic heterocycles. The molecule has 0 saturated carbocycles. The van der Waals surface area contributed by atoms with Gasteiger partial charge in [0.05, 0.1) is 12.5 Å². The average Bonchev–Trinajstić information content (AvgIpc) is 2.89. The van der Waals surface area contributed by atoms with Crippen molar-refractivity contribution in [3.05, 3.63) is 29.8 Å². The first-order chi connectivity index (χ1) is 14.2. The van der Waals surface area contributed by atoms with Gasteiger partial charge in [0.2, 0.25) is 0 Å². The number of nitrogens with zero attached hydrogens (tertiary/aromatic N) is 1. The Morgan fingerprint density at radius 2 is 1.83 bits per heavy atom. The van der Waals surface area contributed by atoms with Crippen LogP contribution in [0.4, 0.5) is 4.79 Å². The first kappa shape index (κ1) is 23.4. The normalized spacial score (nSPS) is 16.3. The lowest BCUT2D eigenvalue weighted by molar-refractivity contribution is -0.142. The van der Waals surface area contributed by atoms with Crippen molar-refractivity contribution in [2.24, 2.45) is 5.92 Å². The maximum absolute atomic E-state index is 12.5. The van der Waals surface area contributed by atoms with Crippen molar-refractivity contribution in [2.75, 3.05) is 13.2 Å². The summed E-state index contributed by atoms with van der Waals surface area (Å²) in [5.74, 6) is -2.36. The van der Waals surface area contributed by atoms with Crippen LogP contribution in [0.5, 0.6) is 5.75 Å². The number of hydrogen-bond acceptors (Lipinski definition) is 6. The molecule has 0 spiro atoms. The van der Waals surface area contributed by atoms with E-state index >= 15 is 0 Å². The predicted molar refractivity (Wildman–Crippen MR) is 108 cm³/mol. The van der Waals surface area contributed by atoms with E-state index in [1.165, 1.54) is 13.8 Å². The summed E-state index contributed by atoms with van der Waals surface area (Å²) in [7, 11) is 0. The molecule has 1 fully saturated rings. The maximum Gasteiger partial charge on any atom is 0.417 e. The number of imide groups is 1. The largest absolute Gasteiger partial charge is 0.494 e. The maximum atomic E-state index is 12.5. The second kappa shape index (κ2) is 10.2. The molecule has 1 heterocycles. The lowest BCUT2D eigenvalue weighted by Gasteiger charge is -2.16. The number of carboxylic acids is 1. The first-order valence-corrected chi connectivity index (χ1v) is 10.2. The molecule has 1 aromatic rings. The molecular weight excluding hydrogens is 390 g/mol. The van der Waals surface area contributed by atoms with Gasteiger partial charge >= 0.3 is 12.1 Å². The van der Waals surface area contributed by atoms with Crippen molar-refractivity contribution in [3.63, 3.8) is 0 Å². The van der Waals surface area contributed by atoms with Gasteiger partial charge in [-0.25, -0.2) is 9.69 Å². The number of amides is 2. The number of ketones is 1. The van der Waals surface area contributed by atoms with Gasteiger partial charge in [-0.2, -0.15) is 0 Å². The van der Waals surface area contributed by atoms with Gasteiger partial charge in [0.25, 0.3) is 5.91 Å². The van der Waals surface area contributed by atoms with Crippen LogP contribution < -0.4 is 4.74 Å². The Labute approximate surface area is 176 Å². The molecule has 1 unspecified atom stereocenters. The zero-order chi connectivity index (χ0) is 22.3. The number of unbranched alkanes of at least 4 members (excludes halogenated alkanes) is 2. The van der Waals surface area contributed by atoms with Crippen molar-refractivity contribution in [3.8, 4) is 5.75 Å². The van der Waals surface area contributed by atoms with Crippen LogP contribution in [-0.4, -0.2) is 52.5 Å². The van der Waals surface area contributed by atoms with E-state index in [9.17, 15) is 24.3 Å². The highest BCUT2D eigenvalue weighted by Crippen LogP contribution is 2.25. The highest BCUT2D eigenvalue weighted by atomic mass is 16.6. The smallest absolute Gasteiger partial charge is 0.417 e. The van der Waals surface area contributed by atoms with Crippen LogP contribution in [0, 0.1) is 5.92 Å². The topological polar surface area (TPSA) is 110 Å². The van der Waals surface area contributed by atoms with Crippen LogP contribution in [0.3, 0.4) is 0 Å². The zero-order valence-electron chi connectivity index (χ0n) is 17.7. The van der Waals surface area contributed by atoms with Gasteiger partial charge in [-0.05, 0) is 51.0 Å². The van der Waals surface area contributed by atoms with E-state index < -0.39 is 29.5 Å². The number of Topliss-reactive ketones (excluding diaryl/α,β-unsaturated/α-hetero) is 1. The molecule has 1 atom stereocenters. The number of ether oxygens (including phenoxy) is 2. The molecule has 8 heteroatoms. The molecule has 2 rings (SSSR count).